The Morgan fingerprint density at radius 2 is 2.20 bits per heavy atom. The lowest BCUT2D eigenvalue weighted by molar-refractivity contribution is -0.137. The summed E-state index contributed by atoms with van der Waals surface area (Å²) in [5, 5.41) is 8.66. The average Bonchev–Trinajstić information content (AvgIpc) is 2.65. The highest BCUT2D eigenvalue weighted by Gasteiger charge is 2.24. The highest BCUT2D eigenvalue weighted by molar-refractivity contribution is 9.10. The summed E-state index contributed by atoms with van der Waals surface area (Å²) in [4.78, 5) is 10.6. The number of ether oxygens (including phenoxy) is 2. The number of carboxylic acid groups (broad SMARTS) is 1. The number of hydrogen-bond acceptors (Lipinski definition) is 4. The van der Waals surface area contributed by atoms with E-state index in [4.69, 9.17) is 20.3 Å². The second-order valence-electron chi connectivity index (χ2n) is 4.51. The molecule has 0 fully saturated rings. The zero-order valence-electron chi connectivity index (χ0n) is 10.7. The highest BCUT2D eigenvalue weighted by atomic mass is 79.9. The van der Waals surface area contributed by atoms with Crippen molar-refractivity contribution in [3.05, 3.63) is 21.9 Å². The molecule has 0 aliphatic carbocycles. The lowest BCUT2D eigenvalue weighted by Gasteiger charge is -2.17. The number of fused-ring (bicyclic) bond motifs is 1. The highest BCUT2D eigenvalue weighted by Crippen LogP contribution is 2.42. The van der Waals surface area contributed by atoms with Gasteiger partial charge in [-0.05, 0) is 28.4 Å². The number of benzene rings is 1. The normalized spacial score (nSPS) is 15.6. The molecule has 110 valence electrons. The molecule has 1 aliphatic heterocycles. The van der Waals surface area contributed by atoms with Gasteiger partial charge < -0.3 is 20.3 Å². The Bertz CT molecular complexity index is 524. The van der Waals surface area contributed by atoms with Crippen LogP contribution in [0.3, 0.4) is 0 Å². The Kier molecular flexibility index (Phi) is 4.82. The van der Waals surface area contributed by atoms with E-state index in [1.807, 2.05) is 0 Å². The molecule has 0 aromatic heterocycles. The first-order valence-electron chi connectivity index (χ1n) is 6.25. The van der Waals surface area contributed by atoms with Gasteiger partial charge in [0, 0.05) is 24.4 Å². The zero-order chi connectivity index (χ0) is 14.7. The first-order valence-corrected chi connectivity index (χ1v) is 7.05. The number of nitrogens with two attached hydrogens (primary N) is 1. The van der Waals surface area contributed by atoms with Crippen LogP contribution in [0.4, 0.5) is 4.39 Å². The quantitative estimate of drug-likeness (QED) is 0.874. The van der Waals surface area contributed by atoms with Gasteiger partial charge in [0.15, 0.2) is 11.5 Å². The average molecular weight is 348 g/mol. The lowest BCUT2D eigenvalue weighted by Crippen LogP contribution is -2.14. The van der Waals surface area contributed by atoms with E-state index >= 15 is 0 Å². The second-order valence-corrected chi connectivity index (χ2v) is 5.30. The van der Waals surface area contributed by atoms with Gasteiger partial charge in [0.2, 0.25) is 0 Å². The van der Waals surface area contributed by atoms with Crippen molar-refractivity contribution < 1.29 is 23.8 Å². The van der Waals surface area contributed by atoms with Crippen LogP contribution < -0.4 is 15.2 Å². The van der Waals surface area contributed by atoms with Crippen LogP contribution >= 0.6 is 15.9 Å². The van der Waals surface area contributed by atoms with Crippen LogP contribution in [0.1, 0.15) is 30.9 Å². The van der Waals surface area contributed by atoms with Crippen molar-refractivity contribution in [2.75, 3.05) is 13.2 Å². The van der Waals surface area contributed by atoms with Crippen molar-refractivity contribution in [2.45, 2.75) is 25.3 Å². The zero-order valence-corrected chi connectivity index (χ0v) is 12.3. The van der Waals surface area contributed by atoms with Gasteiger partial charge >= 0.3 is 5.97 Å². The van der Waals surface area contributed by atoms with Crippen molar-refractivity contribution in [1.29, 1.82) is 0 Å². The molecular weight excluding hydrogens is 333 g/mol. The third-order valence-electron chi connectivity index (χ3n) is 3.02. The molecule has 2 rings (SSSR count). The Hall–Kier alpha value is -1.34. The summed E-state index contributed by atoms with van der Waals surface area (Å²) in [5.74, 6) is -0.743. The largest absolute Gasteiger partial charge is 0.490 e. The predicted octanol–water partition coefficient (Wildman–Crippen LogP) is 2.61. The summed E-state index contributed by atoms with van der Waals surface area (Å²) in [7, 11) is 0. The van der Waals surface area contributed by atoms with Gasteiger partial charge in [-0.3, -0.25) is 4.79 Å². The summed E-state index contributed by atoms with van der Waals surface area (Å²) < 4.78 is 25.4. The van der Waals surface area contributed by atoms with Crippen LogP contribution in [0.5, 0.6) is 11.5 Å². The summed E-state index contributed by atoms with van der Waals surface area (Å²) in [6, 6.07) is 0.785. The number of halogens is 2. The maximum atomic E-state index is 14.3. The first kappa shape index (κ1) is 15.1. The second kappa shape index (κ2) is 6.41. The van der Waals surface area contributed by atoms with Gasteiger partial charge in [0.1, 0.15) is 5.82 Å². The molecular formula is C13H15BrFNO4. The number of rotatable bonds is 4. The summed E-state index contributed by atoms with van der Waals surface area (Å²) >= 11 is 3.15. The monoisotopic (exact) mass is 347 g/mol. The Labute approximate surface area is 124 Å². The molecule has 1 aliphatic rings. The third-order valence-corrected chi connectivity index (χ3v) is 3.73. The maximum absolute atomic E-state index is 14.3. The van der Waals surface area contributed by atoms with Crippen LogP contribution in [0.25, 0.3) is 0 Å². The van der Waals surface area contributed by atoms with Crippen LogP contribution in [-0.4, -0.2) is 24.3 Å². The van der Waals surface area contributed by atoms with Crippen LogP contribution in [0, 0.1) is 5.82 Å². The number of hydrogen-bond donors (Lipinski definition) is 2. The fraction of sp³-hybridized carbons (Fsp3) is 0.462. The molecule has 1 heterocycles. The SMILES string of the molecule is NC(CCC(=O)O)c1cc2c(c(Br)c1F)OCCCO2. The van der Waals surface area contributed by atoms with Gasteiger partial charge in [-0.15, -0.1) is 0 Å². The topological polar surface area (TPSA) is 81.8 Å². The molecule has 20 heavy (non-hydrogen) atoms. The van der Waals surface area contributed by atoms with Crippen molar-refractivity contribution in [3.63, 3.8) is 0 Å². The summed E-state index contributed by atoms with van der Waals surface area (Å²) in [6.45, 7) is 0.935. The van der Waals surface area contributed by atoms with E-state index in [0.29, 0.717) is 31.1 Å². The maximum Gasteiger partial charge on any atom is 0.303 e. The molecule has 3 N–H and O–H groups in total. The molecule has 0 bridgehead atoms. The molecule has 1 aromatic rings. The molecule has 1 unspecified atom stereocenters. The van der Waals surface area contributed by atoms with E-state index in [0.717, 1.165) is 0 Å². The standard InChI is InChI=1S/C13H15BrFNO4/c14-11-12(15)7(8(16)2-3-10(17)18)6-9-13(11)20-5-1-4-19-9/h6,8H,1-5,16H2,(H,17,18). The van der Waals surface area contributed by atoms with E-state index in [-0.39, 0.29) is 22.9 Å². The van der Waals surface area contributed by atoms with Gasteiger partial charge in [-0.2, -0.15) is 0 Å². The first-order chi connectivity index (χ1) is 9.50. The molecule has 0 amide bonds. The van der Waals surface area contributed by atoms with Gasteiger partial charge in [0.25, 0.3) is 0 Å². The van der Waals surface area contributed by atoms with Crippen molar-refractivity contribution in [3.8, 4) is 11.5 Å². The van der Waals surface area contributed by atoms with Crippen molar-refractivity contribution in [1.82, 2.24) is 0 Å². The molecule has 1 atom stereocenters. The molecule has 0 spiro atoms. The van der Waals surface area contributed by atoms with Crippen LogP contribution in [0.2, 0.25) is 0 Å². The third kappa shape index (κ3) is 3.21. The van der Waals surface area contributed by atoms with E-state index in [2.05, 4.69) is 15.9 Å². The van der Waals surface area contributed by atoms with Gasteiger partial charge in [-0.25, -0.2) is 4.39 Å². The van der Waals surface area contributed by atoms with Crippen molar-refractivity contribution in [2.24, 2.45) is 5.73 Å². The smallest absolute Gasteiger partial charge is 0.303 e. The Balaban J connectivity index is 2.32. The van der Waals surface area contributed by atoms with E-state index < -0.39 is 17.8 Å². The summed E-state index contributed by atoms with van der Waals surface area (Å²) in [6.07, 6.45) is 0.744. The van der Waals surface area contributed by atoms with E-state index in [1.165, 1.54) is 6.07 Å². The number of carbonyl (C=O) groups is 1. The molecule has 7 heteroatoms. The number of carboxylic acids is 1. The molecule has 0 saturated heterocycles. The van der Waals surface area contributed by atoms with Crippen LogP contribution in [0.15, 0.2) is 10.5 Å². The minimum absolute atomic E-state index is 0.118. The van der Waals surface area contributed by atoms with Gasteiger partial charge in [0.05, 0.1) is 17.7 Å². The number of aliphatic carboxylic acids is 1. The Morgan fingerprint density at radius 1 is 1.50 bits per heavy atom. The van der Waals surface area contributed by atoms with Crippen molar-refractivity contribution >= 4 is 21.9 Å². The molecule has 5 nitrogen and oxygen atoms in total. The fourth-order valence-corrected chi connectivity index (χ4v) is 2.50. The van der Waals surface area contributed by atoms with E-state index in [1.54, 1.807) is 0 Å². The van der Waals surface area contributed by atoms with Gasteiger partial charge in [-0.1, -0.05) is 0 Å². The fourth-order valence-electron chi connectivity index (χ4n) is 1.97. The molecule has 0 radical (unpaired) electrons. The van der Waals surface area contributed by atoms with E-state index in [9.17, 15) is 9.18 Å². The molecule has 0 saturated carbocycles. The predicted molar refractivity (Wildman–Crippen MR) is 73.5 cm³/mol. The minimum Gasteiger partial charge on any atom is -0.490 e. The van der Waals surface area contributed by atoms with Crippen LogP contribution in [-0.2, 0) is 4.79 Å². The summed E-state index contributed by atoms with van der Waals surface area (Å²) in [5.41, 5.74) is 6.09. The molecule has 1 aromatic carbocycles. The minimum atomic E-state index is -0.964. The lowest BCUT2D eigenvalue weighted by atomic mass is 10.0. The Morgan fingerprint density at radius 3 is 2.90 bits per heavy atom.